The van der Waals surface area contributed by atoms with Crippen molar-refractivity contribution in [1.29, 1.82) is 0 Å². The monoisotopic (exact) mass is 231 g/mol. The molecule has 0 heterocycles. The van der Waals surface area contributed by atoms with Crippen LogP contribution in [0.1, 0.15) is 53.9 Å². The molecule has 0 aromatic heterocycles. The Balaban J connectivity index is 3.81. The van der Waals surface area contributed by atoms with E-state index >= 15 is 0 Å². The number of aliphatic hydroxyl groups excluding tert-OH is 1. The summed E-state index contributed by atoms with van der Waals surface area (Å²) in [6.45, 7) is 11.4. The third-order valence-corrected chi connectivity index (χ3v) is 3.00. The summed E-state index contributed by atoms with van der Waals surface area (Å²) in [7, 11) is 0. The van der Waals surface area contributed by atoms with E-state index in [4.69, 9.17) is 0 Å². The molecule has 0 bridgehead atoms. The maximum atomic E-state index is 10.0. The first-order valence-corrected chi connectivity index (χ1v) is 6.33. The zero-order valence-corrected chi connectivity index (χ0v) is 11.5. The molecule has 0 saturated carbocycles. The summed E-state index contributed by atoms with van der Waals surface area (Å²) in [5.74, 6) is 0. The van der Waals surface area contributed by atoms with Crippen LogP contribution in [0.15, 0.2) is 0 Å². The van der Waals surface area contributed by atoms with Crippen LogP contribution in [0.5, 0.6) is 0 Å². The molecule has 0 aliphatic heterocycles. The number of aliphatic hydroxyl groups is 2. The molecule has 0 saturated heterocycles. The van der Waals surface area contributed by atoms with Gasteiger partial charge < -0.3 is 15.5 Å². The summed E-state index contributed by atoms with van der Waals surface area (Å²) in [6.07, 6.45) is 1.92. The van der Waals surface area contributed by atoms with Crippen LogP contribution in [0.3, 0.4) is 0 Å². The quantitative estimate of drug-likeness (QED) is 0.627. The summed E-state index contributed by atoms with van der Waals surface area (Å²) in [5, 5.41) is 23.0. The predicted molar refractivity (Wildman–Crippen MR) is 68.5 cm³/mol. The molecule has 3 nitrogen and oxygen atoms in total. The topological polar surface area (TPSA) is 52.5 Å². The first kappa shape index (κ1) is 15.9. The second-order valence-electron chi connectivity index (χ2n) is 5.98. The SMILES string of the molecule is CCC(O)(CC)CNCC(O)CC(C)(C)C. The number of rotatable bonds is 7. The van der Waals surface area contributed by atoms with Gasteiger partial charge in [-0.3, -0.25) is 0 Å². The maximum Gasteiger partial charge on any atom is 0.0766 e. The van der Waals surface area contributed by atoms with Gasteiger partial charge in [0.1, 0.15) is 0 Å². The van der Waals surface area contributed by atoms with Gasteiger partial charge in [0.15, 0.2) is 0 Å². The molecule has 1 unspecified atom stereocenters. The van der Waals surface area contributed by atoms with Gasteiger partial charge in [0, 0.05) is 13.1 Å². The van der Waals surface area contributed by atoms with E-state index in [0.717, 1.165) is 19.3 Å². The number of nitrogens with one attached hydrogen (secondary N) is 1. The first-order chi connectivity index (χ1) is 7.22. The van der Waals surface area contributed by atoms with Crippen molar-refractivity contribution in [3.8, 4) is 0 Å². The van der Waals surface area contributed by atoms with Crippen molar-refractivity contribution in [2.24, 2.45) is 5.41 Å². The third-order valence-electron chi connectivity index (χ3n) is 3.00. The number of hydrogen-bond donors (Lipinski definition) is 3. The van der Waals surface area contributed by atoms with E-state index < -0.39 is 5.60 Å². The van der Waals surface area contributed by atoms with Crippen LogP contribution in [0, 0.1) is 5.41 Å². The van der Waals surface area contributed by atoms with Gasteiger partial charge in [-0.25, -0.2) is 0 Å². The lowest BCUT2D eigenvalue weighted by Gasteiger charge is -2.27. The molecule has 1 atom stereocenters. The van der Waals surface area contributed by atoms with Crippen molar-refractivity contribution in [1.82, 2.24) is 5.32 Å². The van der Waals surface area contributed by atoms with Gasteiger partial charge in [-0.15, -0.1) is 0 Å². The molecule has 0 radical (unpaired) electrons. The Morgan fingerprint density at radius 1 is 1.12 bits per heavy atom. The summed E-state index contributed by atoms with van der Waals surface area (Å²) in [6, 6.07) is 0. The molecule has 3 heteroatoms. The van der Waals surface area contributed by atoms with Gasteiger partial charge in [-0.05, 0) is 24.7 Å². The van der Waals surface area contributed by atoms with Crippen molar-refractivity contribution in [2.45, 2.75) is 65.6 Å². The third kappa shape index (κ3) is 7.20. The average molecular weight is 231 g/mol. The van der Waals surface area contributed by atoms with Gasteiger partial charge in [-0.1, -0.05) is 34.6 Å². The molecule has 0 aromatic rings. The standard InChI is InChI=1S/C13H29NO2/c1-6-13(16,7-2)10-14-9-11(15)8-12(3,4)5/h11,14-16H,6-10H2,1-5H3. The van der Waals surface area contributed by atoms with Gasteiger partial charge in [0.2, 0.25) is 0 Å². The van der Waals surface area contributed by atoms with Gasteiger partial charge in [-0.2, -0.15) is 0 Å². The molecule has 98 valence electrons. The van der Waals surface area contributed by atoms with Crippen LogP contribution in [0.2, 0.25) is 0 Å². The molecule has 0 aromatic carbocycles. The van der Waals surface area contributed by atoms with Crippen molar-refractivity contribution < 1.29 is 10.2 Å². The first-order valence-electron chi connectivity index (χ1n) is 6.33. The molecule has 0 amide bonds. The molecule has 0 aliphatic rings. The summed E-state index contributed by atoms with van der Waals surface area (Å²) < 4.78 is 0. The fourth-order valence-corrected chi connectivity index (χ4v) is 1.75. The second-order valence-corrected chi connectivity index (χ2v) is 5.98. The van der Waals surface area contributed by atoms with Crippen LogP contribution in [0.4, 0.5) is 0 Å². The Morgan fingerprint density at radius 3 is 2.00 bits per heavy atom. The van der Waals surface area contributed by atoms with E-state index in [2.05, 4.69) is 26.1 Å². The van der Waals surface area contributed by atoms with Crippen LogP contribution in [-0.4, -0.2) is 35.0 Å². The zero-order chi connectivity index (χ0) is 12.8. The molecule has 0 rings (SSSR count). The van der Waals surface area contributed by atoms with Crippen molar-refractivity contribution in [3.05, 3.63) is 0 Å². The number of hydrogen-bond acceptors (Lipinski definition) is 3. The van der Waals surface area contributed by atoms with E-state index in [-0.39, 0.29) is 11.5 Å². The lowest BCUT2D eigenvalue weighted by Crippen LogP contribution is -2.42. The lowest BCUT2D eigenvalue weighted by atomic mass is 9.89. The van der Waals surface area contributed by atoms with E-state index in [9.17, 15) is 10.2 Å². The predicted octanol–water partition coefficient (Wildman–Crippen LogP) is 1.92. The van der Waals surface area contributed by atoms with Crippen LogP contribution < -0.4 is 5.32 Å². The molecule has 0 fully saturated rings. The molecular weight excluding hydrogens is 202 g/mol. The minimum Gasteiger partial charge on any atom is -0.392 e. The molecule has 0 spiro atoms. The smallest absolute Gasteiger partial charge is 0.0766 e. The van der Waals surface area contributed by atoms with Gasteiger partial charge >= 0.3 is 0 Å². The Kier molecular flexibility index (Phi) is 6.53. The molecule has 0 aliphatic carbocycles. The van der Waals surface area contributed by atoms with Crippen LogP contribution in [-0.2, 0) is 0 Å². The van der Waals surface area contributed by atoms with Crippen LogP contribution >= 0.6 is 0 Å². The largest absolute Gasteiger partial charge is 0.392 e. The summed E-state index contributed by atoms with van der Waals surface area (Å²) in [4.78, 5) is 0. The van der Waals surface area contributed by atoms with Crippen molar-refractivity contribution in [2.75, 3.05) is 13.1 Å². The summed E-state index contributed by atoms with van der Waals surface area (Å²) >= 11 is 0. The van der Waals surface area contributed by atoms with Gasteiger partial charge in [0.05, 0.1) is 11.7 Å². The molecule has 16 heavy (non-hydrogen) atoms. The minimum atomic E-state index is -0.624. The van der Waals surface area contributed by atoms with Crippen molar-refractivity contribution >= 4 is 0 Å². The summed E-state index contributed by atoms with van der Waals surface area (Å²) in [5.41, 5.74) is -0.478. The molecular formula is C13H29NO2. The highest BCUT2D eigenvalue weighted by Crippen LogP contribution is 2.20. The Morgan fingerprint density at radius 2 is 1.62 bits per heavy atom. The lowest BCUT2D eigenvalue weighted by molar-refractivity contribution is 0.0277. The molecule has 3 N–H and O–H groups in total. The van der Waals surface area contributed by atoms with E-state index in [1.165, 1.54) is 0 Å². The zero-order valence-electron chi connectivity index (χ0n) is 11.5. The van der Waals surface area contributed by atoms with E-state index in [1.54, 1.807) is 0 Å². The highest BCUT2D eigenvalue weighted by molar-refractivity contribution is 4.79. The Hall–Kier alpha value is -0.120. The Bertz CT molecular complexity index is 183. The minimum absolute atomic E-state index is 0.146. The van der Waals surface area contributed by atoms with Crippen molar-refractivity contribution in [3.63, 3.8) is 0 Å². The Labute approximate surface area is 100 Å². The maximum absolute atomic E-state index is 10.0. The average Bonchev–Trinajstić information content (AvgIpc) is 2.14. The highest BCUT2D eigenvalue weighted by atomic mass is 16.3. The van der Waals surface area contributed by atoms with E-state index in [1.807, 2.05) is 13.8 Å². The van der Waals surface area contributed by atoms with E-state index in [0.29, 0.717) is 13.1 Å². The second kappa shape index (κ2) is 6.58. The highest BCUT2D eigenvalue weighted by Gasteiger charge is 2.22. The fraction of sp³-hybridized carbons (Fsp3) is 1.00. The normalized spacial score (nSPS) is 15.2. The van der Waals surface area contributed by atoms with Gasteiger partial charge in [0.25, 0.3) is 0 Å². The van der Waals surface area contributed by atoms with Crippen LogP contribution in [0.25, 0.3) is 0 Å². The fourth-order valence-electron chi connectivity index (χ4n) is 1.75.